The molecule has 34 heavy (non-hydrogen) atoms. The first-order valence-corrected chi connectivity index (χ1v) is 11.0. The number of carbonyl (C=O) groups is 2. The fraction of sp³-hybridized carbons (Fsp3) is 0.185. The van der Waals surface area contributed by atoms with Gasteiger partial charge in [0, 0.05) is 24.4 Å². The maximum Gasteiger partial charge on any atom is 0.416 e. The first kappa shape index (κ1) is 21.9. The van der Waals surface area contributed by atoms with E-state index in [4.69, 9.17) is 0 Å². The smallest absolute Gasteiger partial charge is 0.366 e. The van der Waals surface area contributed by atoms with Crippen molar-refractivity contribution >= 4 is 29.3 Å². The van der Waals surface area contributed by atoms with Crippen molar-refractivity contribution in [2.24, 2.45) is 0 Å². The average molecular weight is 462 g/mol. The molecule has 7 heteroatoms. The van der Waals surface area contributed by atoms with Gasteiger partial charge in [0.25, 0.3) is 5.91 Å². The molecule has 0 aliphatic carbocycles. The molecule has 1 saturated heterocycles. The summed E-state index contributed by atoms with van der Waals surface area (Å²) in [6, 6.07) is 20.1. The van der Waals surface area contributed by atoms with Crippen LogP contribution >= 0.6 is 0 Å². The normalized spacial score (nSPS) is 17.4. The summed E-state index contributed by atoms with van der Waals surface area (Å²) in [7, 11) is 0. The van der Waals surface area contributed by atoms with Crippen molar-refractivity contribution in [3.05, 3.63) is 101 Å². The molecule has 4 nitrogen and oxygen atoms in total. The summed E-state index contributed by atoms with van der Waals surface area (Å²) in [6.45, 7) is 1.59. The van der Waals surface area contributed by atoms with Gasteiger partial charge in [0.2, 0.25) is 5.91 Å². The Morgan fingerprint density at radius 2 is 1.50 bits per heavy atom. The third-order valence-corrected chi connectivity index (χ3v) is 6.26. The molecular formula is C27H21F3N2O2. The molecule has 0 radical (unpaired) electrons. The number of amides is 2. The van der Waals surface area contributed by atoms with Gasteiger partial charge in [-0.05, 0) is 59.5 Å². The summed E-state index contributed by atoms with van der Waals surface area (Å²) >= 11 is 0. The van der Waals surface area contributed by atoms with Crippen LogP contribution in [0.25, 0.3) is 6.08 Å². The molecule has 0 saturated carbocycles. The molecule has 5 rings (SSSR count). The number of carbonyl (C=O) groups excluding carboxylic acids is 2. The molecule has 0 spiro atoms. The minimum absolute atomic E-state index is 0.100. The van der Waals surface area contributed by atoms with Gasteiger partial charge in [-0.15, -0.1) is 0 Å². The number of anilines is 2. The summed E-state index contributed by atoms with van der Waals surface area (Å²) in [4.78, 5) is 28.9. The van der Waals surface area contributed by atoms with Crippen molar-refractivity contribution in [2.45, 2.75) is 25.6 Å². The van der Waals surface area contributed by atoms with Crippen molar-refractivity contribution in [3.63, 3.8) is 0 Å². The van der Waals surface area contributed by atoms with Gasteiger partial charge in [-0.2, -0.15) is 13.2 Å². The van der Waals surface area contributed by atoms with E-state index in [9.17, 15) is 22.8 Å². The number of para-hydroxylation sites is 1. The van der Waals surface area contributed by atoms with Crippen LogP contribution in [0.2, 0.25) is 0 Å². The lowest BCUT2D eigenvalue weighted by molar-refractivity contribution is -0.137. The van der Waals surface area contributed by atoms with Crippen LogP contribution < -0.4 is 9.80 Å². The van der Waals surface area contributed by atoms with Crippen LogP contribution in [0.4, 0.5) is 24.5 Å². The Balaban J connectivity index is 1.42. The minimum Gasteiger partial charge on any atom is -0.366 e. The highest BCUT2D eigenvalue weighted by Gasteiger charge is 2.36. The second-order valence-corrected chi connectivity index (χ2v) is 8.42. The lowest BCUT2D eigenvalue weighted by Crippen LogP contribution is -2.30. The summed E-state index contributed by atoms with van der Waals surface area (Å²) in [5.74, 6) is -0.969. The predicted molar refractivity (Wildman–Crippen MR) is 124 cm³/mol. The Bertz CT molecular complexity index is 1300. The minimum atomic E-state index is -4.48. The standard InChI is InChI=1S/C27H21F3N2O2/c28-27(29,30)22-9-11-23(12-10-22)32-25(33)16-21(26(32)34)15-19-6-3-4-8-24(19)31-14-13-18-5-1-2-7-20(18)17-31/h1-12,15H,13-14,16-17H2/b21-15+. The number of imide groups is 1. The van der Waals surface area contributed by atoms with Crippen LogP contribution in [0.3, 0.4) is 0 Å². The van der Waals surface area contributed by atoms with Gasteiger partial charge in [-0.3, -0.25) is 9.59 Å². The lowest BCUT2D eigenvalue weighted by atomic mass is 9.98. The summed E-state index contributed by atoms with van der Waals surface area (Å²) in [6.07, 6.45) is -1.95. The molecule has 3 aromatic carbocycles. The number of hydrogen-bond acceptors (Lipinski definition) is 3. The Kier molecular flexibility index (Phi) is 5.48. The van der Waals surface area contributed by atoms with Gasteiger partial charge in [0.1, 0.15) is 0 Å². The maximum absolute atomic E-state index is 13.1. The van der Waals surface area contributed by atoms with Crippen LogP contribution in [-0.4, -0.2) is 18.4 Å². The van der Waals surface area contributed by atoms with Crippen LogP contribution in [0.1, 0.15) is 28.7 Å². The first-order valence-electron chi connectivity index (χ1n) is 11.0. The average Bonchev–Trinajstić information content (AvgIpc) is 3.11. The van der Waals surface area contributed by atoms with Gasteiger partial charge < -0.3 is 4.90 Å². The Labute approximate surface area is 194 Å². The van der Waals surface area contributed by atoms with Crippen LogP contribution in [0.15, 0.2) is 78.4 Å². The second kappa shape index (κ2) is 8.48. The van der Waals surface area contributed by atoms with Crippen molar-refractivity contribution in [1.29, 1.82) is 0 Å². The van der Waals surface area contributed by atoms with Crippen molar-refractivity contribution in [2.75, 3.05) is 16.3 Å². The zero-order valence-corrected chi connectivity index (χ0v) is 18.2. The Morgan fingerprint density at radius 3 is 2.24 bits per heavy atom. The molecule has 2 heterocycles. The third kappa shape index (κ3) is 4.09. The van der Waals surface area contributed by atoms with E-state index in [0.29, 0.717) is 5.57 Å². The molecule has 0 atom stereocenters. The SMILES string of the molecule is O=C1C/C(=C\c2ccccc2N2CCc3ccccc3C2)C(=O)N1c1ccc(C(F)(F)F)cc1. The number of fused-ring (bicyclic) bond motifs is 1. The van der Waals surface area contributed by atoms with Crippen molar-refractivity contribution in [1.82, 2.24) is 0 Å². The molecule has 0 aromatic heterocycles. The number of nitrogens with zero attached hydrogens (tertiary/aromatic N) is 2. The Hall–Kier alpha value is -3.87. The molecule has 2 amide bonds. The van der Waals surface area contributed by atoms with E-state index in [2.05, 4.69) is 17.0 Å². The number of rotatable bonds is 3. The summed E-state index contributed by atoms with van der Waals surface area (Å²) in [5, 5.41) is 0. The highest BCUT2D eigenvalue weighted by atomic mass is 19.4. The molecule has 0 unspecified atom stereocenters. The van der Waals surface area contributed by atoms with Crippen LogP contribution in [-0.2, 0) is 28.7 Å². The number of benzene rings is 3. The molecule has 0 N–H and O–H groups in total. The van der Waals surface area contributed by atoms with Crippen molar-refractivity contribution in [3.8, 4) is 0 Å². The van der Waals surface area contributed by atoms with Crippen molar-refractivity contribution < 1.29 is 22.8 Å². The molecule has 3 aromatic rings. The lowest BCUT2D eigenvalue weighted by Gasteiger charge is -2.32. The van der Waals surface area contributed by atoms with E-state index in [1.54, 1.807) is 6.08 Å². The van der Waals surface area contributed by atoms with E-state index < -0.39 is 23.6 Å². The number of hydrogen-bond donors (Lipinski definition) is 0. The topological polar surface area (TPSA) is 40.6 Å². The zero-order valence-electron chi connectivity index (χ0n) is 18.2. The predicted octanol–water partition coefficient (Wildman–Crippen LogP) is 5.62. The summed E-state index contributed by atoms with van der Waals surface area (Å²) in [5.41, 5.74) is 4.00. The molecule has 2 aliphatic heterocycles. The quantitative estimate of drug-likeness (QED) is 0.375. The van der Waals surface area contributed by atoms with Gasteiger partial charge in [0.05, 0.1) is 17.7 Å². The van der Waals surface area contributed by atoms with Gasteiger partial charge in [-0.1, -0.05) is 42.5 Å². The largest absolute Gasteiger partial charge is 0.416 e. The van der Waals surface area contributed by atoms with E-state index in [-0.39, 0.29) is 12.1 Å². The molecular weight excluding hydrogens is 441 g/mol. The first-order chi connectivity index (χ1) is 16.3. The van der Waals surface area contributed by atoms with E-state index >= 15 is 0 Å². The van der Waals surface area contributed by atoms with Crippen LogP contribution in [0.5, 0.6) is 0 Å². The highest BCUT2D eigenvalue weighted by molar-refractivity contribution is 6.29. The monoisotopic (exact) mass is 462 g/mol. The van der Waals surface area contributed by atoms with Gasteiger partial charge in [-0.25, -0.2) is 4.90 Å². The molecule has 1 fully saturated rings. The number of alkyl halides is 3. The molecule has 172 valence electrons. The summed E-state index contributed by atoms with van der Waals surface area (Å²) < 4.78 is 38.6. The number of halogens is 3. The fourth-order valence-electron chi connectivity index (χ4n) is 4.53. The zero-order chi connectivity index (χ0) is 23.9. The maximum atomic E-state index is 13.1. The highest BCUT2D eigenvalue weighted by Crippen LogP contribution is 2.34. The molecule has 2 aliphatic rings. The van der Waals surface area contributed by atoms with Gasteiger partial charge in [0.15, 0.2) is 0 Å². The Morgan fingerprint density at radius 1 is 0.824 bits per heavy atom. The van der Waals surface area contributed by atoms with Gasteiger partial charge >= 0.3 is 6.18 Å². The van der Waals surface area contributed by atoms with E-state index in [0.717, 1.165) is 59.9 Å². The third-order valence-electron chi connectivity index (χ3n) is 6.26. The molecule has 0 bridgehead atoms. The van der Waals surface area contributed by atoms with E-state index in [1.165, 1.54) is 11.1 Å². The second-order valence-electron chi connectivity index (χ2n) is 8.42. The van der Waals surface area contributed by atoms with E-state index in [1.807, 2.05) is 36.4 Å². The fourth-order valence-corrected chi connectivity index (χ4v) is 4.53. The van der Waals surface area contributed by atoms with Crippen LogP contribution in [0, 0.1) is 0 Å².